The van der Waals surface area contributed by atoms with Gasteiger partial charge < -0.3 is 5.32 Å². The first kappa shape index (κ1) is 13.4. The number of hydrogen-bond acceptors (Lipinski definition) is 4. The van der Waals surface area contributed by atoms with Gasteiger partial charge in [-0.25, -0.2) is 4.68 Å². The fourth-order valence-electron chi connectivity index (χ4n) is 1.16. The van der Waals surface area contributed by atoms with E-state index in [9.17, 15) is 4.79 Å². The summed E-state index contributed by atoms with van der Waals surface area (Å²) in [7, 11) is 1.58. The zero-order valence-corrected chi connectivity index (χ0v) is 11.2. The molecule has 1 N–H and O–H groups in total. The summed E-state index contributed by atoms with van der Waals surface area (Å²) < 4.78 is 1.22. The zero-order valence-electron chi connectivity index (χ0n) is 9.66. The Kier molecular flexibility index (Phi) is 5.15. The summed E-state index contributed by atoms with van der Waals surface area (Å²) in [6.07, 6.45) is 4.68. The maximum absolute atomic E-state index is 11.5. The van der Waals surface area contributed by atoms with Crippen molar-refractivity contribution in [2.75, 3.05) is 18.1 Å². The lowest BCUT2D eigenvalue weighted by Gasteiger charge is -2.11. The van der Waals surface area contributed by atoms with E-state index >= 15 is 0 Å². The number of halogens is 1. The number of hydrogen-bond donors (Lipinski definition) is 1. The van der Waals surface area contributed by atoms with Gasteiger partial charge in [0.2, 0.25) is 0 Å². The van der Waals surface area contributed by atoms with Gasteiger partial charge in [0.1, 0.15) is 5.02 Å². The van der Waals surface area contributed by atoms with Crippen LogP contribution in [-0.2, 0) is 7.05 Å². The summed E-state index contributed by atoms with van der Waals surface area (Å²) in [5, 5.41) is 7.83. The number of rotatable bonds is 5. The Balaban J connectivity index is 2.62. The number of nitrogens with one attached hydrogen (secondary N) is 1. The SMILES string of the molecule is CSC(C)CCNc1cnn(C)c(=O)c1Cl. The summed E-state index contributed by atoms with van der Waals surface area (Å²) >= 11 is 7.72. The van der Waals surface area contributed by atoms with Gasteiger partial charge in [-0.2, -0.15) is 16.9 Å². The Hall–Kier alpha value is -0.680. The highest BCUT2D eigenvalue weighted by Gasteiger charge is 2.07. The minimum atomic E-state index is -0.274. The van der Waals surface area contributed by atoms with Crippen molar-refractivity contribution in [3.05, 3.63) is 21.6 Å². The summed E-state index contributed by atoms with van der Waals surface area (Å²) in [5.74, 6) is 0. The van der Waals surface area contributed by atoms with E-state index in [0.717, 1.165) is 13.0 Å². The van der Waals surface area contributed by atoms with Crippen LogP contribution in [-0.4, -0.2) is 27.8 Å². The Bertz CT molecular complexity index is 408. The van der Waals surface area contributed by atoms with Crippen LogP contribution in [0.25, 0.3) is 0 Å². The van der Waals surface area contributed by atoms with Crippen molar-refractivity contribution in [1.82, 2.24) is 9.78 Å². The van der Waals surface area contributed by atoms with Crippen LogP contribution in [0, 0.1) is 0 Å². The van der Waals surface area contributed by atoms with Gasteiger partial charge in [-0.05, 0) is 12.7 Å². The molecule has 0 saturated carbocycles. The molecular formula is C10H16ClN3OS. The van der Waals surface area contributed by atoms with Crippen LogP contribution in [0.15, 0.2) is 11.0 Å². The fraction of sp³-hybridized carbons (Fsp3) is 0.600. The molecule has 4 nitrogen and oxygen atoms in total. The second kappa shape index (κ2) is 6.15. The zero-order chi connectivity index (χ0) is 12.1. The van der Waals surface area contributed by atoms with Crippen molar-refractivity contribution in [3.63, 3.8) is 0 Å². The van der Waals surface area contributed by atoms with E-state index in [0.29, 0.717) is 10.9 Å². The lowest BCUT2D eigenvalue weighted by Crippen LogP contribution is -2.21. The molecule has 0 aliphatic rings. The molecule has 0 bridgehead atoms. The molecule has 1 unspecified atom stereocenters. The highest BCUT2D eigenvalue weighted by Crippen LogP contribution is 2.16. The minimum Gasteiger partial charge on any atom is -0.382 e. The molecule has 0 aliphatic heterocycles. The van der Waals surface area contributed by atoms with Crippen LogP contribution < -0.4 is 10.9 Å². The summed E-state index contributed by atoms with van der Waals surface area (Å²) in [4.78, 5) is 11.5. The number of aryl methyl sites for hydroxylation is 1. The third-order valence-electron chi connectivity index (χ3n) is 2.35. The van der Waals surface area contributed by atoms with Crippen LogP contribution in [0.1, 0.15) is 13.3 Å². The van der Waals surface area contributed by atoms with Crippen molar-refractivity contribution in [3.8, 4) is 0 Å². The molecule has 1 heterocycles. The van der Waals surface area contributed by atoms with Gasteiger partial charge in [-0.15, -0.1) is 0 Å². The number of nitrogens with zero attached hydrogens (tertiary/aromatic N) is 2. The van der Waals surface area contributed by atoms with Crippen molar-refractivity contribution in [1.29, 1.82) is 0 Å². The molecule has 6 heteroatoms. The molecule has 1 aromatic heterocycles. The Labute approximate surface area is 104 Å². The lowest BCUT2D eigenvalue weighted by atomic mass is 10.3. The van der Waals surface area contributed by atoms with E-state index in [-0.39, 0.29) is 10.6 Å². The van der Waals surface area contributed by atoms with Gasteiger partial charge in [-0.1, -0.05) is 18.5 Å². The molecule has 0 saturated heterocycles. The van der Waals surface area contributed by atoms with E-state index in [1.165, 1.54) is 4.68 Å². The molecule has 0 radical (unpaired) electrons. The fourth-order valence-corrected chi connectivity index (χ4v) is 1.75. The first-order valence-electron chi connectivity index (χ1n) is 5.04. The smallest absolute Gasteiger partial charge is 0.287 e. The average Bonchev–Trinajstić information content (AvgIpc) is 2.29. The number of aromatic nitrogens is 2. The summed E-state index contributed by atoms with van der Waals surface area (Å²) in [6, 6.07) is 0. The largest absolute Gasteiger partial charge is 0.382 e. The quantitative estimate of drug-likeness (QED) is 0.881. The third kappa shape index (κ3) is 3.42. The molecule has 0 spiro atoms. The monoisotopic (exact) mass is 261 g/mol. The van der Waals surface area contributed by atoms with Crippen LogP contribution in [0.5, 0.6) is 0 Å². The van der Waals surface area contributed by atoms with Crippen LogP contribution >= 0.6 is 23.4 Å². The highest BCUT2D eigenvalue weighted by molar-refractivity contribution is 7.99. The predicted molar refractivity (Wildman–Crippen MR) is 70.6 cm³/mol. The molecule has 1 rings (SSSR count). The van der Waals surface area contributed by atoms with Crippen LogP contribution in [0.3, 0.4) is 0 Å². The summed E-state index contributed by atoms with van der Waals surface area (Å²) in [5.41, 5.74) is 0.336. The molecule has 1 aromatic rings. The normalized spacial score (nSPS) is 12.5. The van der Waals surface area contributed by atoms with Crippen molar-refractivity contribution < 1.29 is 0 Å². The van der Waals surface area contributed by atoms with Gasteiger partial charge in [0, 0.05) is 18.8 Å². The first-order chi connectivity index (χ1) is 7.56. The minimum absolute atomic E-state index is 0.203. The lowest BCUT2D eigenvalue weighted by molar-refractivity contribution is 0.707. The van der Waals surface area contributed by atoms with Gasteiger partial charge in [0.25, 0.3) is 5.56 Å². The molecule has 90 valence electrons. The van der Waals surface area contributed by atoms with E-state index in [1.54, 1.807) is 13.2 Å². The Morgan fingerprint density at radius 2 is 2.38 bits per heavy atom. The molecule has 0 amide bonds. The highest BCUT2D eigenvalue weighted by atomic mass is 35.5. The van der Waals surface area contributed by atoms with E-state index in [4.69, 9.17) is 11.6 Å². The molecular weight excluding hydrogens is 246 g/mol. The van der Waals surface area contributed by atoms with Gasteiger partial charge in [-0.3, -0.25) is 4.79 Å². The predicted octanol–water partition coefficient (Wildman–Crippen LogP) is 1.99. The van der Waals surface area contributed by atoms with Crippen molar-refractivity contribution in [2.24, 2.45) is 7.05 Å². The number of anilines is 1. The van der Waals surface area contributed by atoms with Gasteiger partial charge in [0.05, 0.1) is 11.9 Å². The van der Waals surface area contributed by atoms with Crippen molar-refractivity contribution >= 4 is 29.1 Å². The van der Waals surface area contributed by atoms with E-state index in [2.05, 4.69) is 23.6 Å². The van der Waals surface area contributed by atoms with Gasteiger partial charge in [0.15, 0.2) is 0 Å². The molecule has 1 atom stereocenters. The van der Waals surface area contributed by atoms with Gasteiger partial charge >= 0.3 is 0 Å². The van der Waals surface area contributed by atoms with E-state index < -0.39 is 0 Å². The molecule has 0 aliphatic carbocycles. The number of thioether (sulfide) groups is 1. The first-order valence-corrected chi connectivity index (χ1v) is 6.71. The molecule has 16 heavy (non-hydrogen) atoms. The maximum atomic E-state index is 11.5. The van der Waals surface area contributed by atoms with Crippen LogP contribution in [0.2, 0.25) is 5.02 Å². The maximum Gasteiger partial charge on any atom is 0.287 e. The Morgan fingerprint density at radius 1 is 1.69 bits per heavy atom. The third-order valence-corrected chi connectivity index (χ3v) is 3.75. The van der Waals surface area contributed by atoms with Crippen LogP contribution in [0.4, 0.5) is 5.69 Å². The van der Waals surface area contributed by atoms with E-state index in [1.807, 2.05) is 11.8 Å². The molecule has 0 fully saturated rings. The van der Waals surface area contributed by atoms with Crippen molar-refractivity contribution in [2.45, 2.75) is 18.6 Å². The second-order valence-corrected chi connectivity index (χ2v) is 5.22. The summed E-state index contributed by atoms with van der Waals surface area (Å²) in [6.45, 7) is 2.95. The average molecular weight is 262 g/mol. The standard InChI is InChI=1S/C10H16ClN3OS/c1-7(16-3)4-5-12-8-6-13-14(2)10(15)9(8)11/h6-7,12H,4-5H2,1-3H3. The second-order valence-electron chi connectivity index (χ2n) is 3.56. The molecule has 0 aromatic carbocycles. The topological polar surface area (TPSA) is 46.9 Å². The Morgan fingerprint density at radius 3 is 3.00 bits per heavy atom.